The number of benzene rings is 2. The van der Waals surface area contributed by atoms with Gasteiger partial charge in [-0.15, -0.1) is 0 Å². The Morgan fingerprint density at radius 2 is 1.96 bits per heavy atom. The first-order valence-electron chi connectivity index (χ1n) is 9.28. The van der Waals surface area contributed by atoms with E-state index in [0.29, 0.717) is 16.7 Å². The van der Waals surface area contributed by atoms with E-state index in [2.05, 4.69) is 22.5 Å². The van der Waals surface area contributed by atoms with Crippen molar-refractivity contribution in [3.05, 3.63) is 65.0 Å². The number of nitrogens with one attached hydrogen (secondary N) is 1. The van der Waals surface area contributed by atoms with Gasteiger partial charge in [0.25, 0.3) is 6.43 Å². The van der Waals surface area contributed by atoms with Crippen molar-refractivity contribution < 1.29 is 8.78 Å². The van der Waals surface area contributed by atoms with Crippen molar-refractivity contribution in [2.45, 2.75) is 32.7 Å². The minimum Gasteiger partial charge on any atom is -0.313 e. The zero-order valence-electron chi connectivity index (χ0n) is 15.6. The number of alkyl halides is 2. The van der Waals surface area contributed by atoms with E-state index < -0.39 is 6.43 Å². The Morgan fingerprint density at radius 3 is 2.70 bits per heavy atom. The monoisotopic (exact) mass is 367 g/mol. The normalized spacial score (nSPS) is 14.3. The molecule has 0 amide bonds. The molecule has 4 rings (SSSR count). The molecule has 0 aliphatic carbocycles. The third kappa shape index (κ3) is 3.39. The van der Waals surface area contributed by atoms with Crippen LogP contribution >= 0.6 is 0 Å². The van der Waals surface area contributed by atoms with Gasteiger partial charge in [0.05, 0.1) is 6.20 Å². The minimum absolute atomic E-state index is 0.0875. The second-order valence-electron chi connectivity index (χ2n) is 7.19. The Labute approximate surface area is 158 Å². The van der Waals surface area contributed by atoms with Crippen LogP contribution in [0.1, 0.15) is 35.1 Å². The minimum atomic E-state index is -2.56. The topological polar surface area (TPSA) is 29.9 Å². The zero-order valence-corrected chi connectivity index (χ0v) is 15.6. The summed E-state index contributed by atoms with van der Waals surface area (Å²) >= 11 is 0. The maximum absolute atomic E-state index is 14.2. The number of hydrogen-bond acceptors (Lipinski definition) is 2. The molecule has 1 aliphatic rings. The van der Waals surface area contributed by atoms with Crippen LogP contribution in [0, 0.1) is 6.92 Å². The fraction of sp³-hybridized carbons (Fsp3) is 0.318. The summed E-state index contributed by atoms with van der Waals surface area (Å²) in [6.45, 7) is 3.68. The first-order valence-corrected chi connectivity index (χ1v) is 9.28. The Hall–Kier alpha value is -2.53. The maximum Gasteiger partial charge on any atom is 0.265 e. The lowest BCUT2D eigenvalue weighted by atomic mass is 9.88. The summed E-state index contributed by atoms with van der Waals surface area (Å²) in [4.78, 5) is 0. The van der Waals surface area contributed by atoms with Crippen LogP contribution in [0.2, 0.25) is 0 Å². The van der Waals surface area contributed by atoms with Gasteiger partial charge in [-0.05, 0) is 65.8 Å². The first kappa shape index (κ1) is 17.9. The Balaban J connectivity index is 1.91. The van der Waals surface area contributed by atoms with Crippen LogP contribution < -0.4 is 5.32 Å². The molecule has 0 spiro atoms. The molecule has 0 unspecified atom stereocenters. The van der Waals surface area contributed by atoms with E-state index in [1.54, 1.807) is 30.2 Å². The largest absolute Gasteiger partial charge is 0.313 e. The first-order chi connectivity index (χ1) is 13.0. The standard InChI is InChI=1S/C22H23F2N3/c1-14-5-8-19(18-12-26-27(2)13-18)21(22(23)24)20(14)16-7-6-15-4-3-9-25-11-17(15)10-16/h5-8,10,12-13,22,25H,3-4,9,11H2,1-2H3. The highest BCUT2D eigenvalue weighted by molar-refractivity contribution is 5.81. The van der Waals surface area contributed by atoms with Crippen molar-refractivity contribution in [2.75, 3.05) is 6.54 Å². The summed E-state index contributed by atoms with van der Waals surface area (Å²) in [7, 11) is 1.79. The number of rotatable bonds is 3. The van der Waals surface area contributed by atoms with E-state index in [9.17, 15) is 8.78 Å². The highest BCUT2D eigenvalue weighted by Gasteiger charge is 2.23. The molecule has 0 radical (unpaired) electrons. The predicted octanol–water partition coefficient (Wildman–Crippen LogP) is 5.04. The molecular weight excluding hydrogens is 344 g/mol. The van der Waals surface area contributed by atoms with Crippen LogP contribution in [-0.4, -0.2) is 16.3 Å². The van der Waals surface area contributed by atoms with Crippen molar-refractivity contribution in [2.24, 2.45) is 7.05 Å². The maximum atomic E-state index is 14.2. The predicted molar refractivity (Wildman–Crippen MR) is 104 cm³/mol. The van der Waals surface area contributed by atoms with Gasteiger partial charge in [-0.1, -0.05) is 24.3 Å². The Kier molecular flexibility index (Phi) is 4.79. The second-order valence-corrected chi connectivity index (χ2v) is 7.19. The average molecular weight is 367 g/mol. The van der Waals surface area contributed by atoms with Gasteiger partial charge in [0.1, 0.15) is 0 Å². The van der Waals surface area contributed by atoms with Gasteiger partial charge >= 0.3 is 0 Å². The molecule has 0 saturated heterocycles. The highest BCUT2D eigenvalue weighted by atomic mass is 19.3. The van der Waals surface area contributed by atoms with Gasteiger partial charge < -0.3 is 5.32 Å². The number of hydrogen-bond donors (Lipinski definition) is 1. The number of aromatic nitrogens is 2. The van der Waals surface area contributed by atoms with Crippen molar-refractivity contribution in [1.82, 2.24) is 15.1 Å². The quantitative estimate of drug-likeness (QED) is 0.703. The van der Waals surface area contributed by atoms with Gasteiger partial charge in [0.15, 0.2) is 0 Å². The third-order valence-electron chi connectivity index (χ3n) is 5.30. The van der Waals surface area contributed by atoms with E-state index in [1.807, 2.05) is 19.1 Å². The molecule has 2 aromatic carbocycles. The van der Waals surface area contributed by atoms with Crippen molar-refractivity contribution in [3.63, 3.8) is 0 Å². The number of halogens is 2. The van der Waals surface area contributed by atoms with E-state index in [1.165, 1.54) is 11.1 Å². The Morgan fingerprint density at radius 1 is 1.11 bits per heavy atom. The molecule has 0 atom stereocenters. The summed E-state index contributed by atoms with van der Waals surface area (Å²) in [6, 6.07) is 9.87. The molecule has 1 aliphatic heterocycles. The second kappa shape index (κ2) is 7.24. The lowest BCUT2D eigenvalue weighted by molar-refractivity contribution is 0.152. The van der Waals surface area contributed by atoms with Crippen LogP contribution in [0.25, 0.3) is 22.3 Å². The van der Waals surface area contributed by atoms with Crippen molar-refractivity contribution in [1.29, 1.82) is 0 Å². The SMILES string of the molecule is Cc1ccc(-c2cnn(C)c2)c(C(F)F)c1-c1ccc2c(c1)CNCCC2. The molecule has 3 aromatic rings. The summed E-state index contributed by atoms with van der Waals surface area (Å²) in [5.41, 5.74) is 6.22. The fourth-order valence-electron chi connectivity index (χ4n) is 3.97. The van der Waals surface area contributed by atoms with E-state index in [4.69, 9.17) is 0 Å². The molecular formula is C22H23F2N3. The van der Waals surface area contributed by atoms with Crippen LogP contribution in [0.15, 0.2) is 42.7 Å². The lowest BCUT2D eigenvalue weighted by Crippen LogP contribution is -2.12. The third-order valence-corrected chi connectivity index (χ3v) is 5.30. The molecule has 0 fully saturated rings. The number of aryl methyl sites for hydroxylation is 3. The van der Waals surface area contributed by atoms with Crippen molar-refractivity contribution >= 4 is 0 Å². The van der Waals surface area contributed by atoms with Crippen LogP contribution in [0.4, 0.5) is 8.78 Å². The van der Waals surface area contributed by atoms with Crippen LogP contribution in [-0.2, 0) is 20.0 Å². The summed E-state index contributed by atoms with van der Waals surface area (Å²) in [6.07, 6.45) is 2.98. The molecule has 140 valence electrons. The van der Waals surface area contributed by atoms with Gasteiger partial charge in [-0.25, -0.2) is 8.78 Å². The summed E-state index contributed by atoms with van der Waals surface area (Å²) in [5.74, 6) is 0. The molecule has 0 bridgehead atoms. The van der Waals surface area contributed by atoms with Gasteiger partial charge in [0.2, 0.25) is 0 Å². The molecule has 27 heavy (non-hydrogen) atoms. The molecule has 2 heterocycles. The molecule has 5 heteroatoms. The smallest absolute Gasteiger partial charge is 0.265 e. The molecule has 0 saturated carbocycles. The number of fused-ring (bicyclic) bond motifs is 1. The Bertz CT molecular complexity index is 976. The van der Waals surface area contributed by atoms with Crippen LogP contribution in [0.3, 0.4) is 0 Å². The summed E-state index contributed by atoms with van der Waals surface area (Å²) in [5, 5.41) is 7.56. The fourth-order valence-corrected chi connectivity index (χ4v) is 3.97. The number of nitrogens with zero attached hydrogens (tertiary/aromatic N) is 2. The lowest BCUT2D eigenvalue weighted by Gasteiger charge is -2.18. The van der Waals surface area contributed by atoms with Gasteiger partial charge in [0, 0.05) is 30.9 Å². The highest BCUT2D eigenvalue weighted by Crippen LogP contribution is 2.41. The molecule has 3 nitrogen and oxygen atoms in total. The van der Waals surface area contributed by atoms with E-state index >= 15 is 0 Å². The average Bonchev–Trinajstić information content (AvgIpc) is 2.94. The zero-order chi connectivity index (χ0) is 19.0. The van der Waals surface area contributed by atoms with Gasteiger partial charge in [-0.2, -0.15) is 5.10 Å². The summed E-state index contributed by atoms with van der Waals surface area (Å²) < 4.78 is 30.1. The molecule has 1 aromatic heterocycles. The van der Waals surface area contributed by atoms with Crippen molar-refractivity contribution in [3.8, 4) is 22.3 Å². The van der Waals surface area contributed by atoms with E-state index in [-0.39, 0.29) is 5.56 Å². The molecule has 1 N–H and O–H groups in total. The van der Waals surface area contributed by atoms with E-state index in [0.717, 1.165) is 37.1 Å². The van der Waals surface area contributed by atoms with Gasteiger partial charge in [-0.3, -0.25) is 4.68 Å². The van der Waals surface area contributed by atoms with Crippen LogP contribution in [0.5, 0.6) is 0 Å².